The summed E-state index contributed by atoms with van der Waals surface area (Å²) in [6, 6.07) is 12.6. The molecule has 4 aromatic rings. The van der Waals surface area contributed by atoms with Crippen molar-refractivity contribution in [3.63, 3.8) is 0 Å². The quantitative estimate of drug-likeness (QED) is 0.0210. The molecule has 0 saturated carbocycles. The summed E-state index contributed by atoms with van der Waals surface area (Å²) in [7, 11) is -4.77. The van der Waals surface area contributed by atoms with Gasteiger partial charge >= 0.3 is 12.0 Å². The van der Waals surface area contributed by atoms with Gasteiger partial charge in [0.2, 0.25) is 17.7 Å². The lowest BCUT2D eigenvalue weighted by atomic mass is 9.93. The van der Waals surface area contributed by atoms with Crippen LogP contribution >= 0.6 is 0 Å². The molecule has 0 radical (unpaired) electrons. The normalized spacial score (nSPS) is 13.7. The second-order valence-corrected chi connectivity index (χ2v) is 12.7. The first kappa shape index (κ1) is 36.3. The van der Waals surface area contributed by atoms with Crippen LogP contribution in [0.5, 0.6) is 17.5 Å². The van der Waals surface area contributed by atoms with Crippen molar-refractivity contribution < 1.29 is 46.3 Å². The van der Waals surface area contributed by atoms with Crippen LogP contribution in [0.15, 0.2) is 70.7 Å². The lowest BCUT2D eigenvalue weighted by molar-refractivity contribution is -0.137. The van der Waals surface area contributed by atoms with Gasteiger partial charge in [0.1, 0.15) is 17.2 Å². The zero-order chi connectivity index (χ0) is 36.7. The minimum Gasteiger partial charge on any atom is -0.506 e. The van der Waals surface area contributed by atoms with Gasteiger partial charge < -0.3 is 20.3 Å². The number of aliphatic carboxylic acids is 1. The van der Waals surface area contributed by atoms with E-state index in [-0.39, 0.29) is 76.9 Å². The Hall–Kier alpha value is -6.00. The number of nitrogens with one attached hydrogen (secondary N) is 5. The second kappa shape index (κ2) is 15.7. The maximum absolute atomic E-state index is 13.8. The maximum Gasteiger partial charge on any atom is 0.328 e. The highest BCUT2D eigenvalue weighted by Gasteiger charge is 2.27. The number of anilines is 5. The number of carbonyl (C=O) groups is 2. The molecule has 1 atom stereocenters. The number of Topliss-reactive ketones (excluding diaryl/α,β-unsaturated/α-hetero) is 1. The van der Waals surface area contributed by atoms with Gasteiger partial charge in [0, 0.05) is 13.0 Å². The number of aromatic hydroxyl groups is 1. The molecule has 0 spiro atoms. The van der Waals surface area contributed by atoms with Crippen LogP contribution in [0.4, 0.5) is 29.0 Å². The average molecular weight is 740 g/mol. The number of carboxylic acids is 1. The van der Waals surface area contributed by atoms with Crippen molar-refractivity contribution in [3.8, 4) is 17.5 Å². The van der Waals surface area contributed by atoms with E-state index in [2.05, 4.69) is 46.4 Å². The number of aromatic nitrogens is 3. The summed E-state index contributed by atoms with van der Waals surface area (Å²) in [4.78, 5) is 36.8. The Labute approximate surface area is 292 Å². The van der Waals surface area contributed by atoms with E-state index in [9.17, 15) is 31.9 Å². The van der Waals surface area contributed by atoms with Crippen LogP contribution in [0.2, 0.25) is 0 Å². The highest BCUT2D eigenvalue weighted by atomic mass is 32.2. The number of hydrazine groups is 1. The lowest BCUT2D eigenvalue weighted by Crippen LogP contribution is -2.25. The summed E-state index contributed by atoms with van der Waals surface area (Å²) in [5.41, 5.74) is 8.78. The minimum atomic E-state index is -4.77. The number of benzene rings is 3. The Bertz CT molecular complexity index is 2180. The molecule has 1 aliphatic rings. The van der Waals surface area contributed by atoms with E-state index >= 15 is 0 Å². The highest BCUT2D eigenvalue weighted by Crippen LogP contribution is 2.33. The van der Waals surface area contributed by atoms with Crippen molar-refractivity contribution in [1.82, 2.24) is 20.4 Å². The molecule has 3 aromatic carbocycles. The van der Waals surface area contributed by atoms with Gasteiger partial charge in [0.15, 0.2) is 0 Å². The number of rotatable bonds is 15. The highest BCUT2D eigenvalue weighted by molar-refractivity contribution is 7.85. The third-order valence-corrected chi connectivity index (χ3v) is 8.05. The van der Waals surface area contributed by atoms with Crippen LogP contribution in [0, 0.1) is 6.92 Å². The van der Waals surface area contributed by atoms with Crippen LogP contribution in [-0.4, -0.2) is 70.9 Å². The molecule has 1 heterocycles. The average Bonchev–Trinajstić information content (AvgIpc) is 3.05. The van der Waals surface area contributed by atoms with Gasteiger partial charge in [-0.2, -0.15) is 28.5 Å². The predicted octanol–water partition coefficient (Wildman–Crippen LogP) is 3.68. The van der Waals surface area contributed by atoms with Crippen molar-refractivity contribution in [3.05, 3.63) is 77.4 Å². The van der Waals surface area contributed by atoms with Gasteiger partial charge in [0.05, 0.1) is 27.5 Å². The van der Waals surface area contributed by atoms with Crippen molar-refractivity contribution in [1.29, 1.82) is 0 Å². The van der Waals surface area contributed by atoms with Gasteiger partial charge in [-0.3, -0.25) is 34.3 Å². The number of hydrogen-bond acceptors (Lipinski definition) is 15. The summed E-state index contributed by atoms with van der Waals surface area (Å²) in [5.74, 6) is -1.94. The number of fused-ring (bicyclic) bond motifs is 1. The van der Waals surface area contributed by atoms with E-state index in [0.717, 1.165) is 17.7 Å². The fourth-order valence-electron chi connectivity index (χ4n) is 4.46. The smallest absolute Gasteiger partial charge is 0.328 e. The molecule has 1 aromatic heterocycles. The summed E-state index contributed by atoms with van der Waals surface area (Å²) >= 11 is -2.39. The zero-order valence-electron chi connectivity index (χ0n) is 26.3. The SMILES string of the molecule is Cc1ccc(Oc2nc(NNCCCC(=O)O)nc(Nc3cc(S(=O)(=O)O)cc4c3C(=O)C(=NNc3cc(NS(=O)O)ccc3O)C=C4)n2)cc1. The lowest BCUT2D eigenvalue weighted by Gasteiger charge is -2.18. The Morgan fingerprint density at radius 2 is 1.75 bits per heavy atom. The van der Waals surface area contributed by atoms with E-state index in [1.807, 2.05) is 6.92 Å². The molecular weight excluding hydrogens is 711 g/mol. The van der Waals surface area contributed by atoms with Gasteiger partial charge in [-0.05, 0) is 67.4 Å². The molecule has 0 aliphatic heterocycles. The minimum absolute atomic E-state index is 0.0205. The summed E-state index contributed by atoms with van der Waals surface area (Å²) in [6.07, 6.45) is 2.83. The second-order valence-electron chi connectivity index (χ2n) is 10.6. The predicted molar refractivity (Wildman–Crippen MR) is 186 cm³/mol. The van der Waals surface area contributed by atoms with Crippen LogP contribution in [0.1, 0.15) is 34.3 Å². The Kier molecular flexibility index (Phi) is 11.2. The number of ketones is 1. The third-order valence-electron chi connectivity index (χ3n) is 6.80. The van der Waals surface area contributed by atoms with Crippen molar-refractivity contribution in [2.24, 2.45) is 5.10 Å². The molecule has 1 aliphatic carbocycles. The van der Waals surface area contributed by atoms with Crippen LogP contribution in [0.3, 0.4) is 0 Å². The van der Waals surface area contributed by atoms with Gasteiger partial charge in [-0.1, -0.05) is 23.8 Å². The number of carboxylic acid groups (broad SMARTS) is 1. The number of phenols is 1. The molecule has 19 nitrogen and oxygen atoms in total. The summed E-state index contributed by atoms with van der Waals surface area (Å²) in [6.45, 7) is 2.11. The fraction of sp³-hybridized carbons (Fsp3) is 0.133. The van der Waals surface area contributed by atoms with Crippen LogP contribution in [0.25, 0.3) is 6.08 Å². The van der Waals surface area contributed by atoms with Crippen LogP contribution < -0.4 is 31.1 Å². The summed E-state index contributed by atoms with van der Waals surface area (Å²) in [5, 5.41) is 26.0. The van der Waals surface area contributed by atoms with Crippen molar-refractivity contribution in [2.45, 2.75) is 24.7 Å². The molecule has 0 saturated heterocycles. The van der Waals surface area contributed by atoms with E-state index in [1.165, 1.54) is 30.4 Å². The molecule has 5 rings (SSSR count). The maximum atomic E-state index is 13.8. The number of carbonyl (C=O) groups excluding carboxylic acids is 1. The molecule has 1 unspecified atom stereocenters. The van der Waals surface area contributed by atoms with Crippen molar-refractivity contribution in [2.75, 3.05) is 27.4 Å². The molecule has 266 valence electrons. The first-order valence-corrected chi connectivity index (χ1v) is 17.2. The van der Waals surface area contributed by atoms with E-state index in [4.69, 9.17) is 14.4 Å². The summed E-state index contributed by atoms with van der Waals surface area (Å²) < 4.78 is 62.6. The molecular formula is C30H29N9O10S2. The van der Waals surface area contributed by atoms with Crippen LogP contribution in [-0.2, 0) is 26.2 Å². The first-order valence-electron chi connectivity index (χ1n) is 14.7. The topological polar surface area (TPSA) is 287 Å². The van der Waals surface area contributed by atoms with Crippen molar-refractivity contribution >= 4 is 73.9 Å². The monoisotopic (exact) mass is 739 g/mol. The van der Waals surface area contributed by atoms with E-state index < -0.39 is 38.0 Å². The largest absolute Gasteiger partial charge is 0.506 e. The molecule has 21 heteroatoms. The molecule has 0 fully saturated rings. The third kappa shape index (κ3) is 9.80. The number of hydrogen-bond donors (Lipinski definition) is 9. The Balaban J connectivity index is 1.49. The number of aryl methyl sites for hydroxylation is 1. The Morgan fingerprint density at radius 1 is 1.00 bits per heavy atom. The standard InChI is InChI=1S/C30H29N9O10S2/c1-16-4-8-19(9-5-16)49-30-34-28(33-29(35-30)38-31-12-2-3-25(41)42)32-23-15-20(51(46,47)48)13-17-6-10-21(27(43)26(17)23)36-37-22-14-18(39-50(44)45)7-11-24(22)40/h4-11,13-15,31,37,39-40H,2-3,12H2,1H3,(H,41,42)(H,44,45)(H,46,47,48)(H2,32,33,34,35,38). The molecule has 0 bridgehead atoms. The number of ether oxygens (including phenoxy) is 1. The number of phenolic OH excluding ortho intramolecular Hbond substituents is 1. The molecule has 0 amide bonds. The van der Waals surface area contributed by atoms with E-state index in [1.54, 1.807) is 24.3 Å². The molecule has 9 N–H and O–H groups in total. The molecule has 51 heavy (non-hydrogen) atoms. The number of allylic oxidation sites excluding steroid dienone is 1. The number of hydrazone groups is 1. The van der Waals surface area contributed by atoms with Gasteiger partial charge in [-0.15, -0.1) is 0 Å². The Morgan fingerprint density at radius 3 is 2.45 bits per heavy atom. The van der Waals surface area contributed by atoms with Gasteiger partial charge in [-0.25, -0.2) is 9.63 Å². The zero-order valence-corrected chi connectivity index (χ0v) is 27.9. The van der Waals surface area contributed by atoms with E-state index in [0.29, 0.717) is 5.75 Å². The van der Waals surface area contributed by atoms with Gasteiger partial charge in [0.25, 0.3) is 21.4 Å². The fourth-order valence-corrected chi connectivity index (χ4v) is 5.33. The number of nitrogens with zero attached hydrogens (tertiary/aromatic N) is 4. The first-order chi connectivity index (χ1) is 24.2.